The lowest BCUT2D eigenvalue weighted by molar-refractivity contribution is -0.139. The number of aromatic nitrogens is 4. The van der Waals surface area contributed by atoms with Gasteiger partial charge in [-0.3, -0.25) is 0 Å². The van der Waals surface area contributed by atoms with Gasteiger partial charge in [0.1, 0.15) is 12.4 Å². The summed E-state index contributed by atoms with van der Waals surface area (Å²) in [6.07, 6.45) is 0. The maximum absolute atomic E-state index is 13.0. The van der Waals surface area contributed by atoms with E-state index >= 15 is 0 Å². The molecule has 1 aliphatic heterocycles. The second-order valence-corrected chi connectivity index (χ2v) is 5.58. The van der Waals surface area contributed by atoms with Crippen molar-refractivity contribution in [1.82, 2.24) is 30.8 Å². The minimum Gasteiger partial charge on any atom is -0.463 e. The molecule has 1 aromatic carbocycles. The highest BCUT2D eigenvalue weighted by molar-refractivity contribution is 5.94. The fraction of sp³-hybridized carbons (Fsp3) is 0.312. The van der Waals surface area contributed by atoms with Gasteiger partial charge in [-0.05, 0) is 43.3 Å². The molecule has 2 heterocycles. The summed E-state index contributed by atoms with van der Waals surface area (Å²) in [4.78, 5) is 25.2. The molecule has 26 heavy (non-hydrogen) atoms. The van der Waals surface area contributed by atoms with E-state index in [9.17, 15) is 14.0 Å². The van der Waals surface area contributed by atoms with Crippen molar-refractivity contribution in [2.45, 2.75) is 26.4 Å². The Balaban J connectivity index is 1.87. The summed E-state index contributed by atoms with van der Waals surface area (Å²) >= 11 is 0. The quantitative estimate of drug-likeness (QED) is 0.770. The molecule has 0 aliphatic carbocycles. The van der Waals surface area contributed by atoms with E-state index in [1.807, 2.05) is 0 Å². The molecule has 1 atom stereocenters. The van der Waals surface area contributed by atoms with Gasteiger partial charge in [0.15, 0.2) is 0 Å². The molecular formula is C16H17FN6O3. The number of halogens is 1. The fourth-order valence-electron chi connectivity index (χ4n) is 2.57. The number of ether oxygens (including phenoxy) is 1. The molecule has 2 aromatic rings. The number of carbonyl (C=O) groups is 2. The Labute approximate surface area is 148 Å². The lowest BCUT2D eigenvalue weighted by Crippen LogP contribution is -2.50. The average Bonchev–Trinajstić information content (AvgIpc) is 3.03. The van der Waals surface area contributed by atoms with Gasteiger partial charge < -0.3 is 15.4 Å². The Kier molecular flexibility index (Phi) is 4.92. The van der Waals surface area contributed by atoms with Crippen molar-refractivity contribution in [3.63, 3.8) is 0 Å². The number of nitrogens with zero attached hydrogens (tertiary/aromatic N) is 4. The third-order valence-electron chi connectivity index (χ3n) is 3.72. The van der Waals surface area contributed by atoms with Crippen LogP contribution in [0.25, 0.3) is 11.4 Å². The summed E-state index contributed by atoms with van der Waals surface area (Å²) in [5, 5.41) is 17.3. The summed E-state index contributed by atoms with van der Waals surface area (Å²) < 4.78 is 18.1. The molecule has 2 N–H and O–H groups in total. The van der Waals surface area contributed by atoms with Gasteiger partial charge in [0.25, 0.3) is 0 Å². The molecule has 3 rings (SSSR count). The number of allylic oxidation sites excluding steroid dienone is 1. The fourth-order valence-corrected chi connectivity index (χ4v) is 2.57. The molecule has 0 saturated carbocycles. The Morgan fingerprint density at radius 2 is 2.08 bits per heavy atom. The van der Waals surface area contributed by atoms with Gasteiger partial charge in [-0.2, -0.15) is 4.80 Å². The predicted octanol–water partition coefficient (Wildman–Crippen LogP) is 0.998. The molecule has 0 saturated heterocycles. The van der Waals surface area contributed by atoms with Crippen LogP contribution in [0.5, 0.6) is 0 Å². The van der Waals surface area contributed by atoms with Crippen molar-refractivity contribution in [3.8, 4) is 11.4 Å². The van der Waals surface area contributed by atoms with Gasteiger partial charge in [0, 0.05) is 5.56 Å². The SMILES string of the molecule is CCOC(=O)C1=C(Cn2nnc(-c3ccc(F)cc3)n2)NC(=O)NC1C. The van der Waals surface area contributed by atoms with Crippen LogP contribution in [0.4, 0.5) is 9.18 Å². The van der Waals surface area contributed by atoms with Crippen LogP contribution in [0.3, 0.4) is 0 Å². The van der Waals surface area contributed by atoms with E-state index < -0.39 is 18.0 Å². The topological polar surface area (TPSA) is 111 Å². The normalized spacial score (nSPS) is 16.9. The first-order valence-corrected chi connectivity index (χ1v) is 7.99. The number of esters is 1. The third kappa shape index (κ3) is 3.68. The highest BCUT2D eigenvalue weighted by Crippen LogP contribution is 2.17. The molecule has 2 amide bonds. The molecule has 0 bridgehead atoms. The first-order valence-electron chi connectivity index (χ1n) is 7.99. The summed E-state index contributed by atoms with van der Waals surface area (Å²) in [7, 11) is 0. The van der Waals surface area contributed by atoms with Crippen LogP contribution in [0.2, 0.25) is 0 Å². The van der Waals surface area contributed by atoms with E-state index in [2.05, 4.69) is 26.0 Å². The number of rotatable bonds is 5. The highest BCUT2D eigenvalue weighted by atomic mass is 19.1. The second-order valence-electron chi connectivity index (χ2n) is 5.58. The molecular weight excluding hydrogens is 343 g/mol. The standard InChI is InChI=1S/C16H17FN6O3/c1-3-26-15(24)13-9(2)18-16(25)19-12(13)8-23-21-14(20-22-23)10-4-6-11(17)7-5-10/h4-7,9H,3,8H2,1-2H3,(H2,18,19,25). The maximum Gasteiger partial charge on any atom is 0.337 e. The van der Waals surface area contributed by atoms with Crippen molar-refractivity contribution in [2.75, 3.05) is 6.61 Å². The lowest BCUT2D eigenvalue weighted by Gasteiger charge is -2.26. The van der Waals surface area contributed by atoms with Crippen molar-refractivity contribution in [3.05, 3.63) is 41.4 Å². The van der Waals surface area contributed by atoms with Crippen LogP contribution < -0.4 is 10.6 Å². The van der Waals surface area contributed by atoms with E-state index in [1.54, 1.807) is 13.8 Å². The van der Waals surface area contributed by atoms with E-state index in [-0.39, 0.29) is 19.0 Å². The Hall–Kier alpha value is -3.30. The number of benzene rings is 1. The number of urea groups is 1. The highest BCUT2D eigenvalue weighted by Gasteiger charge is 2.30. The molecule has 0 spiro atoms. The van der Waals surface area contributed by atoms with Crippen molar-refractivity contribution >= 4 is 12.0 Å². The molecule has 1 unspecified atom stereocenters. The minimum absolute atomic E-state index is 0.0279. The predicted molar refractivity (Wildman–Crippen MR) is 88.0 cm³/mol. The number of hydrogen-bond donors (Lipinski definition) is 2. The van der Waals surface area contributed by atoms with Crippen LogP contribution in [0, 0.1) is 5.82 Å². The zero-order chi connectivity index (χ0) is 18.7. The smallest absolute Gasteiger partial charge is 0.337 e. The van der Waals surface area contributed by atoms with Crippen LogP contribution >= 0.6 is 0 Å². The number of amides is 2. The van der Waals surface area contributed by atoms with E-state index in [1.165, 1.54) is 29.1 Å². The molecule has 0 fully saturated rings. The number of hydrogen-bond acceptors (Lipinski definition) is 6. The van der Waals surface area contributed by atoms with Crippen LogP contribution in [-0.4, -0.2) is 44.9 Å². The van der Waals surface area contributed by atoms with Crippen molar-refractivity contribution < 1.29 is 18.7 Å². The zero-order valence-corrected chi connectivity index (χ0v) is 14.2. The van der Waals surface area contributed by atoms with Gasteiger partial charge in [-0.25, -0.2) is 14.0 Å². The van der Waals surface area contributed by atoms with Crippen LogP contribution in [-0.2, 0) is 16.1 Å². The van der Waals surface area contributed by atoms with Crippen LogP contribution in [0.15, 0.2) is 35.5 Å². The zero-order valence-electron chi connectivity index (χ0n) is 14.2. The Bertz CT molecular complexity index is 861. The third-order valence-corrected chi connectivity index (χ3v) is 3.72. The van der Waals surface area contributed by atoms with Gasteiger partial charge in [0.05, 0.1) is 23.9 Å². The van der Waals surface area contributed by atoms with Gasteiger partial charge in [-0.15, -0.1) is 10.2 Å². The molecule has 10 heteroatoms. The van der Waals surface area contributed by atoms with Crippen molar-refractivity contribution in [2.24, 2.45) is 0 Å². The molecule has 0 radical (unpaired) electrons. The first-order chi connectivity index (χ1) is 12.5. The molecule has 1 aromatic heterocycles. The molecule has 136 valence electrons. The minimum atomic E-state index is -0.527. The number of tetrazole rings is 1. The number of nitrogens with one attached hydrogen (secondary N) is 2. The average molecular weight is 360 g/mol. The summed E-state index contributed by atoms with van der Waals surface area (Å²) in [6, 6.07) is 4.72. The van der Waals surface area contributed by atoms with E-state index in [0.29, 0.717) is 22.7 Å². The second kappa shape index (κ2) is 7.30. The molecule has 1 aliphatic rings. The van der Waals surface area contributed by atoms with Gasteiger partial charge in [0.2, 0.25) is 5.82 Å². The monoisotopic (exact) mass is 360 g/mol. The van der Waals surface area contributed by atoms with Crippen molar-refractivity contribution in [1.29, 1.82) is 0 Å². The largest absolute Gasteiger partial charge is 0.463 e. The summed E-state index contributed by atoms with van der Waals surface area (Å²) in [5.41, 5.74) is 1.23. The maximum atomic E-state index is 13.0. The first kappa shape index (κ1) is 17.5. The van der Waals surface area contributed by atoms with E-state index in [0.717, 1.165) is 0 Å². The lowest BCUT2D eigenvalue weighted by atomic mass is 10.0. The summed E-state index contributed by atoms with van der Waals surface area (Å²) in [6.45, 7) is 3.63. The molecule has 9 nitrogen and oxygen atoms in total. The van der Waals surface area contributed by atoms with Crippen LogP contribution in [0.1, 0.15) is 13.8 Å². The summed E-state index contributed by atoms with van der Waals surface area (Å²) in [5.74, 6) is -0.588. The Morgan fingerprint density at radius 1 is 1.35 bits per heavy atom. The van der Waals surface area contributed by atoms with Gasteiger partial charge in [-0.1, -0.05) is 0 Å². The van der Waals surface area contributed by atoms with Gasteiger partial charge >= 0.3 is 12.0 Å². The van der Waals surface area contributed by atoms with E-state index in [4.69, 9.17) is 4.74 Å². The Morgan fingerprint density at radius 3 is 2.77 bits per heavy atom. The number of carbonyl (C=O) groups excluding carboxylic acids is 2.